The van der Waals surface area contributed by atoms with Crippen LogP contribution in [0.1, 0.15) is 15.4 Å². The zero-order valence-electron chi connectivity index (χ0n) is 8.89. The Hall–Kier alpha value is -1.96. The molecular weight excluding hydrogens is 246 g/mol. The van der Waals surface area contributed by atoms with E-state index in [1.165, 1.54) is 4.90 Å². The number of hydrogen-bond acceptors (Lipinski definition) is 6. The Morgan fingerprint density at radius 1 is 1.41 bits per heavy atom. The second kappa shape index (κ2) is 4.13. The van der Waals surface area contributed by atoms with Gasteiger partial charge in [0.15, 0.2) is 10.8 Å². The maximum atomic E-state index is 11.2. The summed E-state index contributed by atoms with van der Waals surface area (Å²) in [4.78, 5) is 39.1. The van der Waals surface area contributed by atoms with Crippen molar-refractivity contribution in [3.8, 4) is 0 Å². The predicted octanol–water partition coefficient (Wildman–Crippen LogP) is -0.387. The van der Waals surface area contributed by atoms with Crippen LogP contribution >= 0.6 is 11.3 Å². The van der Waals surface area contributed by atoms with Crippen LogP contribution in [0, 0.1) is 6.92 Å². The van der Waals surface area contributed by atoms with Crippen molar-refractivity contribution in [1.82, 2.24) is 10.3 Å². The number of piperazine rings is 1. The van der Waals surface area contributed by atoms with Crippen molar-refractivity contribution in [2.75, 3.05) is 18.0 Å². The van der Waals surface area contributed by atoms with E-state index >= 15 is 0 Å². The third kappa shape index (κ3) is 2.26. The van der Waals surface area contributed by atoms with Crippen LogP contribution in [0.4, 0.5) is 5.13 Å². The van der Waals surface area contributed by atoms with Gasteiger partial charge in [-0.3, -0.25) is 14.9 Å². The lowest BCUT2D eigenvalue weighted by Crippen LogP contribution is -2.51. The number of thiazole rings is 1. The molecule has 0 unspecified atom stereocenters. The van der Waals surface area contributed by atoms with Gasteiger partial charge < -0.3 is 10.0 Å². The largest absolute Gasteiger partial charge is 0.476 e. The number of aromatic nitrogens is 1. The molecule has 90 valence electrons. The number of amides is 2. The summed E-state index contributed by atoms with van der Waals surface area (Å²) < 4.78 is 0. The highest BCUT2D eigenvalue weighted by Gasteiger charge is 2.26. The molecule has 2 rings (SSSR count). The smallest absolute Gasteiger partial charge is 0.355 e. The first-order valence-corrected chi connectivity index (χ1v) is 5.57. The number of carbonyl (C=O) groups is 3. The fourth-order valence-electron chi connectivity index (χ4n) is 1.49. The minimum absolute atomic E-state index is 0.0117. The summed E-state index contributed by atoms with van der Waals surface area (Å²) in [6, 6.07) is 0. The minimum Gasteiger partial charge on any atom is -0.476 e. The summed E-state index contributed by atoms with van der Waals surface area (Å²) >= 11 is 1.16. The Labute approximate surface area is 100 Å². The summed E-state index contributed by atoms with van der Waals surface area (Å²) in [6.07, 6.45) is 0. The van der Waals surface area contributed by atoms with E-state index in [1.807, 2.05) is 0 Å². The summed E-state index contributed by atoms with van der Waals surface area (Å²) in [7, 11) is 0. The molecule has 0 saturated carbocycles. The van der Waals surface area contributed by atoms with Crippen molar-refractivity contribution in [2.45, 2.75) is 6.92 Å². The number of aromatic carboxylic acids is 1. The molecule has 1 aliphatic heterocycles. The quantitative estimate of drug-likeness (QED) is 0.698. The van der Waals surface area contributed by atoms with Gasteiger partial charge in [0.25, 0.3) is 0 Å². The SMILES string of the molecule is Cc1sc(N2CC(=O)NC(=O)C2)nc1C(=O)O. The van der Waals surface area contributed by atoms with E-state index in [1.54, 1.807) is 6.92 Å². The molecule has 1 aromatic rings. The highest BCUT2D eigenvalue weighted by molar-refractivity contribution is 7.15. The summed E-state index contributed by atoms with van der Waals surface area (Å²) in [5.41, 5.74) is -0.0385. The van der Waals surface area contributed by atoms with Crippen molar-refractivity contribution in [2.24, 2.45) is 0 Å². The summed E-state index contributed by atoms with van der Waals surface area (Å²) in [5, 5.41) is 11.4. The van der Waals surface area contributed by atoms with Gasteiger partial charge in [-0.1, -0.05) is 0 Å². The molecule has 0 aromatic carbocycles. The topological polar surface area (TPSA) is 99.6 Å². The van der Waals surface area contributed by atoms with Gasteiger partial charge in [-0.15, -0.1) is 11.3 Å². The van der Waals surface area contributed by atoms with E-state index in [-0.39, 0.29) is 18.8 Å². The second-order valence-electron chi connectivity index (χ2n) is 3.53. The average Bonchev–Trinajstić information content (AvgIpc) is 2.59. The van der Waals surface area contributed by atoms with E-state index in [0.717, 1.165) is 11.3 Å². The third-order valence-electron chi connectivity index (χ3n) is 2.21. The minimum atomic E-state index is -1.11. The molecule has 1 saturated heterocycles. The number of anilines is 1. The van der Waals surface area contributed by atoms with Gasteiger partial charge in [-0.05, 0) is 6.92 Å². The molecule has 8 heteroatoms. The maximum Gasteiger partial charge on any atom is 0.355 e. The van der Waals surface area contributed by atoms with Crippen LogP contribution in [0.5, 0.6) is 0 Å². The Morgan fingerprint density at radius 3 is 2.47 bits per heavy atom. The fourth-order valence-corrected chi connectivity index (χ4v) is 2.39. The molecule has 1 aliphatic rings. The molecule has 0 bridgehead atoms. The highest BCUT2D eigenvalue weighted by Crippen LogP contribution is 2.26. The van der Waals surface area contributed by atoms with Crippen molar-refractivity contribution in [3.05, 3.63) is 10.6 Å². The molecule has 2 N–H and O–H groups in total. The summed E-state index contributed by atoms with van der Waals surface area (Å²) in [6.45, 7) is 1.66. The predicted molar refractivity (Wildman–Crippen MR) is 59.2 cm³/mol. The Balaban J connectivity index is 2.28. The number of hydrogen-bond donors (Lipinski definition) is 2. The number of carbonyl (C=O) groups excluding carboxylic acids is 2. The number of imide groups is 1. The lowest BCUT2D eigenvalue weighted by molar-refractivity contribution is -0.130. The van der Waals surface area contributed by atoms with Gasteiger partial charge in [0, 0.05) is 4.88 Å². The van der Waals surface area contributed by atoms with Gasteiger partial charge in [0.2, 0.25) is 11.8 Å². The first-order valence-electron chi connectivity index (χ1n) is 4.75. The lowest BCUT2D eigenvalue weighted by Gasteiger charge is -2.24. The van der Waals surface area contributed by atoms with Gasteiger partial charge >= 0.3 is 5.97 Å². The molecule has 1 aromatic heterocycles. The van der Waals surface area contributed by atoms with Crippen LogP contribution in [0.2, 0.25) is 0 Å². The third-order valence-corrected chi connectivity index (χ3v) is 3.24. The maximum absolute atomic E-state index is 11.2. The lowest BCUT2D eigenvalue weighted by atomic mass is 10.3. The van der Waals surface area contributed by atoms with Crippen molar-refractivity contribution < 1.29 is 19.5 Å². The first-order chi connectivity index (χ1) is 7.97. The van der Waals surface area contributed by atoms with Crippen LogP contribution in [-0.2, 0) is 9.59 Å². The van der Waals surface area contributed by atoms with Gasteiger partial charge in [-0.25, -0.2) is 9.78 Å². The van der Waals surface area contributed by atoms with Crippen LogP contribution in [0.15, 0.2) is 0 Å². The highest BCUT2D eigenvalue weighted by atomic mass is 32.1. The molecule has 0 atom stereocenters. The van der Waals surface area contributed by atoms with Crippen molar-refractivity contribution >= 4 is 34.3 Å². The number of aryl methyl sites for hydroxylation is 1. The molecule has 0 radical (unpaired) electrons. The van der Waals surface area contributed by atoms with Gasteiger partial charge in [0.1, 0.15) is 13.1 Å². The Kier molecular flexibility index (Phi) is 2.80. The second-order valence-corrected chi connectivity index (χ2v) is 4.72. The van der Waals surface area contributed by atoms with E-state index in [0.29, 0.717) is 10.0 Å². The van der Waals surface area contributed by atoms with Crippen LogP contribution in [0.25, 0.3) is 0 Å². The number of carboxylic acids is 1. The molecule has 7 nitrogen and oxygen atoms in total. The normalized spacial score (nSPS) is 15.9. The van der Waals surface area contributed by atoms with Gasteiger partial charge in [-0.2, -0.15) is 0 Å². The molecule has 1 fully saturated rings. The van der Waals surface area contributed by atoms with E-state index in [9.17, 15) is 14.4 Å². The van der Waals surface area contributed by atoms with Crippen molar-refractivity contribution in [3.63, 3.8) is 0 Å². The van der Waals surface area contributed by atoms with Crippen molar-refractivity contribution in [1.29, 1.82) is 0 Å². The standard InChI is InChI=1S/C9H9N3O4S/c1-4-7(8(15)16)11-9(17-4)12-2-5(13)10-6(14)3-12/h2-3H2,1H3,(H,15,16)(H,10,13,14). The number of nitrogens with zero attached hydrogens (tertiary/aromatic N) is 2. The fraction of sp³-hybridized carbons (Fsp3) is 0.333. The van der Waals surface area contributed by atoms with Gasteiger partial charge in [0.05, 0.1) is 0 Å². The van der Waals surface area contributed by atoms with Crippen LogP contribution in [-0.4, -0.2) is 41.0 Å². The summed E-state index contributed by atoms with van der Waals surface area (Å²) in [5.74, 6) is -1.94. The van der Waals surface area contributed by atoms with Crippen LogP contribution in [0.3, 0.4) is 0 Å². The van der Waals surface area contributed by atoms with Crippen LogP contribution < -0.4 is 10.2 Å². The Bertz CT molecular complexity index is 494. The van der Waals surface area contributed by atoms with E-state index in [4.69, 9.17) is 5.11 Å². The molecule has 0 spiro atoms. The molecule has 2 heterocycles. The van der Waals surface area contributed by atoms with E-state index in [2.05, 4.69) is 10.3 Å². The monoisotopic (exact) mass is 255 g/mol. The number of nitrogens with one attached hydrogen (secondary N) is 1. The first kappa shape index (κ1) is 11.5. The zero-order chi connectivity index (χ0) is 12.6. The average molecular weight is 255 g/mol. The van der Waals surface area contributed by atoms with E-state index < -0.39 is 17.8 Å². The number of rotatable bonds is 2. The molecule has 2 amide bonds. The zero-order valence-corrected chi connectivity index (χ0v) is 9.71. The molecular formula is C9H9N3O4S. The molecule has 17 heavy (non-hydrogen) atoms. The Morgan fingerprint density at radius 2 is 2.00 bits per heavy atom. The molecule has 0 aliphatic carbocycles. The number of carboxylic acid groups (broad SMARTS) is 1.